The molecule has 0 spiro atoms. The van der Waals surface area contributed by atoms with Crippen LogP contribution in [-0.2, 0) is 0 Å². The van der Waals surface area contributed by atoms with E-state index in [9.17, 15) is 0 Å². The zero-order valence-electron chi connectivity index (χ0n) is 13.0. The standard InChI is InChI=1S/C17H26ClN3/c1-9(2)21-17(14(18)8-20-21)16(19)15-12-4-10-3-11(6-12)7-13(15)5-10/h8-13,15-16H,3-7,19H2,1-2H3. The molecule has 4 heteroatoms. The third-order valence-electron chi connectivity index (χ3n) is 6.31. The van der Waals surface area contributed by atoms with Gasteiger partial charge in [0.05, 0.1) is 23.0 Å². The highest BCUT2D eigenvalue weighted by atomic mass is 35.5. The second kappa shape index (κ2) is 4.99. The first-order valence-corrected chi connectivity index (χ1v) is 8.90. The van der Waals surface area contributed by atoms with Crippen molar-refractivity contribution in [3.8, 4) is 0 Å². The molecule has 116 valence electrons. The van der Waals surface area contributed by atoms with Gasteiger partial charge in [0.25, 0.3) is 0 Å². The van der Waals surface area contributed by atoms with Crippen LogP contribution in [0.1, 0.15) is 63.7 Å². The Morgan fingerprint density at radius 2 is 1.71 bits per heavy atom. The summed E-state index contributed by atoms with van der Waals surface area (Å²) in [6.07, 6.45) is 8.86. The average Bonchev–Trinajstić information content (AvgIpc) is 2.79. The summed E-state index contributed by atoms with van der Waals surface area (Å²) in [5, 5.41) is 5.21. The van der Waals surface area contributed by atoms with Crippen LogP contribution in [0, 0.1) is 29.6 Å². The fourth-order valence-electron chi connectivity index (χ4n) is 5.81. The number of aromatic nitrogens is 2. The third-order valence-corrected chi connectivity index (χ3v) is 6.60. The molecule has 0 amide bonds. The van der Waals surface area contributed by atoms with E-state index >= 15 is 0 Å². The van der Waals surface area contributed by atoms with Crippen molar-refractivity contribution >= 4 is 11.6 Å². The number of hydrogen-bond donors (Lipinski definition) is 1. The topological polar surface area (TPSA) is 43.8 Å². The molecule has 0 aliphatic heterocycles. The van der Waals surface area contributed by atoms with E-state index in [1.54, 1.807) is 6.20 Å². The Morgan fingerprint density at radius 1 is 1.14 bits per heavy atom. The summed E-state index contributed by atoms with van der Waals surface area (Å²) in [5.41, 5.74) is 7.83. The highest BCUT2D eigenvalue weighted by molar-refractivity contribution is 6.31. The minimum Gasteiger partial charge on any atom is -0.322 e. The maximum absolute atomic E-state index is 6.76. The van der Waals surface area contributed by atoms with Crippen LogP contribution in [0.5, 0.6) is 0 Å². The molecule has 0 saturated heterocycles. The summed E-state index contributed by atoms with van der Waals surface area (Å²) in [7, 11) is 0. The summed E-state index contributed by atoms with van der Waals surface area (Å²) in [4.78, 5) is 0. The van der Waals surface area contributed by atoms with Crippen LogP contribution in [0.3, 0.4) is 0 Å². The summed E-state index contributed by atoms with van der Waals surface area (Å²) < 4.78 is 2.04. The lowest BCUT2D eigenvalue weighted by molar-refractivity contribution is -0.0482. The van der Waals surface area contributed by atoms with Gasteiger partial charge in [0, 0.05) is 6.04 Å². The average molecular weight is 308 g/mol. The molecular weight excluding hydrogens is 282 g/mol. The van der Waals surface area contributed by atoms with Crippen molar-refractivity contribution in [2.45, 2.75) is 58.0 Å². The third kappa shape index (κ3) is 2.16. The van der Waals surface area contributed by atoms with Gasteiger partial charge in [0.15, 0.2) is 0 Å². The summed E-state index contributed by atoms with van der Waals surface area (Å²) in [5.74, 6) is 4.23. The van der Waals surface area contributed by atoms with Crippen LogP contribution in [0.25, 0.3) is 0 Å². The van der Waals surface area contributed by atoms with Crippen LogP contribution < -0.4 is 5.73 Å². The molecule has 0 aromatic carbocycles. The molecule has 4 aliphatic carbocycles. The molecule has 4 saturated carbocycles. The van der Waals surface area contributed by atoms with Crippen molar-refractivity contribution in [2.75, 3.05) is 0 Å². The monoisotopic (exact) mass is 307 g/mol. The SMILES string of the molecule is CC(C)n1ncc(Cl)c1C(N)C1C2CC3CC(C2)CC1C3. The number of nitrogens with two attached hydrogens (primary N) is 1. The Labute approximate surface area is 132 Å². The molecule has 4 aliphatic rings. The molecule has 3 nitrogen and oxygen atoms in total. The van der Waals surface area contributed by atoms with Gasteiger partial charge in [-0.05, 0) is 75.5 Å². The van der Waals surface area contributed by atoms with Crippen molar-refractivity contribution in [1.82, 2.24) is 9.78 Å². The molecule has 21 heavy (non-hydrogen) atoms. The minimum atomic E-state index is 0.0531. The molecule has 2 N–H and O–H groups in total. The van der Waals surface area contributed by atoms with Crippen molar-refractivity contribution in [1.29, 1.82) is 0 Å². The Morgan fingerprint density at radius 3 is 2.24 bits per heavy atom. The zero-order chi connectivity index (χ0) is 14.7. The molecular formula is C17H26ClN3. The normalized spacial score (nSPS) is 39.2. The second-order valence-electron chi connectivity index (χ2n) is 7.95. The Hall–Kier alpha value is -0.540. The molecule has 1 heterocycles. The lowest BCUT2D eigenvalue weighted by Crippen LogP contribution is -2.49. The van der Waals surface area contributed by atoms with Crippen LogP contribution in [0.2, 0.25) is 5.02 Å². The molecule has 4 fully saturated rings. The van der Waals surface area contributed by atoms with E-state index in [2.05, 4.69) is 18.9 Å². The lowest BCUT2D eigenvalue weighted by atomic mass is 9.50. The summed E-state index contributed by atoms with van der Waals surface area (Å²) >= 11 is 6.43. The highest BCUT2D eigenvalue weighted by Crippen LogP contribution is 2.59. The number of hydrogen-bond acceptors (Lipinski definition) is 2. The minimum absolute atomic E-state index is 0.0531. The van der Waals surface area contributed by atoms with Gasteiger partial charge in [-0.1, -0.05) is 11.6 Å². The van der Waals surface area contributed by atoms with Gasteiger partial charge >= 0.3 is 0 Å². The first-order valence-electron chi connectivity index (χ1n) is 8.53. The number of nitrogens with zero attached hydrogens (tertiary/aromatic N) is 2. The van der Waals surface area contributed by atoms with Gasteiger partial charge < -0.3 is 5.73 Å². The van der Waals surface area contributed by atoms with E-state index in [1.165, 1.54) is 32.1 Å². The molecule has 4 bridgehead atoms. The van der Waals surface area contributed by atoms with Crippen LogP contribution in [-0.4, -0.2) is 9.78 Å². The molecule has 1 aromatic rings. The number of rotatable bonds is 3. The van der Waals surface area contributed by atoms with E-state index in [-0.39, 0.29) is 6.04 Å². The Bertz CT molecular complexity index is 508. The van der Waals surface area contributed by atoms with Crippen LogP contribution in [0.15, 0.2) is 6.20 Å². The first-order chi connectivity index (χ1) is 10.0. The second-order valence-corrected chi connectivity index (χ2v) is 8.36. The Balaban J connectivity index is 1.66. The van der Waals surface area contributed by atoms with Gasteiger partial charge in [-0.2, -0.15) is 5.10 Å². The zero-order valence-corrected chi connectivity index (χ0v) is 13.8. The molecule has 1 unspecified atom stereocenters. The van der Waals surface area contributed by atoms with Gasteiger partial charge in [-0.15, -0.1) is 0 Å². The smallest absolute Gasteiger partial charge is 0.0834 e. The molecule has 1 atom stereocenters. The largest absolute Gasteiger partial charge is 0.322 e. The van der Waals surface area contributed by atoms with Crippen LogP contribution >= 0.6 is 11.6 Å². The predicted octanol–water partition coefficient (Wildman–Crippen LogP) is 4.19. The van der Waals surface area contributed by atoms with Crippen LogP contribution in [0.4, 0.5) is 0 Å². The fraction of sp³-hybridized carbons (Fsp3) is 0.824. The van der Waals surface area contributed by atoms with E-state index in [4.69, 9.17) is 17.3 Å². The molecule has 0 radical (unpaired) electrons. The van der Waals surface area contributed by atoms with E-state index in [0.717, 1.165) is 34.4 Å². The lowest BCUT2D eigenvalue weighted by Gasteiger charge is -2.56. The van der Waals surface area contributed by atoms with E-state index < -0.39 is 0 Å². The molecule has 5 rings (SSSR count). The van der Waals surface area contributed by atoms with E-state index in [0.29, 0.717) is 12.0 Å². The summed E-state index contributed by atoms with van der Waals surface area (Å²) in [6.45, 7) is 4.30. The van der Waals surface area contributed by atoms with Gasteiger partial charge in [-0.25, -0.2) is 0 Å². The molecule has 1 aromatic heterocycles. The fourth-order valence-corrected chi connectivity index (χ4v) is 6.07. The maximum Gasteiger partial charge on any atom is 0.0834 e. The Kier molecular flexibility index (Phi) is 3.34. The van der Waals surface area contributed by atoms with Gasteiger partial charge in [-0.3, -0.25) is 4.68 Å². The first kappa shape index (κ1) is 14.1. The van der Waals surface area contributed by atoms with Crippen molar-refractivity contribution < 1.29 is 0 Å². The predicted molar refractivity (Wildman–Crippen MR) is 85.1 cm³/mol. The maximum atomic E-state index is 6.76. The van der Waals surface area contributed by atoms with Crippen molar-refractivity contribution in [3.05, 3.63) is 16.9 Å². The van der Waals surface area contributed by atoms with Gasteiger partial charge in [0.1, 0.15) is 0 Å². The van der Waals surface area contributed by atoms with Crippen molar-refractivity contribution in [2.24, 2.45) is 35.3 Å². The van der Waals surface area contributed by atoms with Gasteiger partial charge in [0.2, 0.25) is 0 Å². The van der Waals surface area contributed by atoms with E-state index in [1.807, 2.05) is 4.68 Å². The summed E-state index contributed by atoms with van der Waals surface area (Å²) in [6, 6.07) is 0.368. The quantitative estimate of drug-likeness (QED) is 0.910. The van der Waals surface area contributed by atoms with Crippen molar-refractivity contribution in [3.63, 3.8) is 0 Å². The number of halogens is 1. The highest BCUT2D eigenvalue weighted by Gasteiger charge is 2.50.